The van der Waals surface area contributed by atoms with Crippen LogP contribution < -0.4 is 5.73 Å². The topological polar surface area (TPSA) is 131 Å². The molecule has 0 aliphatic carbocycles. The number of hydrogen-bond acceptors (Lipinski definition) is 8. The van der Waals surface area contributed by atoms with Crippen molar-refractivity contribution in [1.82, 2.24) is 30.0 Å². The van der Waals surface area contributed by atoms with E-state index < -0.39 is 0 Å². The minimum atomic E-state index is -0.0623. The summed E-state index contributed by atoms with van der Waals surface area (Å²) in [6.07, 6.45) is 3.16. The molecule has 0 spiro atoms. The number of carbonyl (C=O) groups is 2. The highest BCUT2D eigenvalue weighted by atomic mass is 16.4. The molecular formula is C25H25N7O3. The fourth-order valence-corrected chi connectivity index (χ4v) is 3.92. The molecule has 10 heteroatoms. The van der Waals surface area contributed by atoms with Crippen LogP contribution >= 0.6 is 0 Å². The van der Waals surface area contributed by atoms with E-state index in [-0.39, 0.29) is 19.0 Å². The monoisotopic (exact) mass is 471 g/mol. The van der Waals surface area contributed by atoms with Crippen LogP contribution in [-0.2, 0) is 4.79 Å². The SMILES string of the molecule is Nc1ncc(-c2ccc(C(=O)N3CCCN(C=O)CC3)cc2)nc1-c1nnc(-c2ccccc2)o1.[HH]. The Labute approximate surface area is 202 Å². The average Bonchev–Trinajstić information content (AvgIpc) is 3.27. The maximum atomic E-state index is 12.9. The van der Waals surface area contributed by atoms with E-state index in [9.17, 15) is 9.59 Å². The number of carbonyl (C=O) groups excluding carboxylic acids is 2. The number of nitrogens with two attached hydrogens (primary N) is 1. The van der Waals surface area contributed by atoms with Gasteiger partial charge in [0.1, 0.15) is 0 Å². The largest absolute Gasteiger partial charge is 0.414 e. The third-order valence-corrected chi connectivity index (χ3v) is 5.84. The van der Waals surface area contributed by atoms with Crippen LogP contribution in [0.5, 0.6) is 0 Å². The summed E-state index contributed by atoms with van der Waals surface area (Å²) in [4.78, 5) is 36.3. The van der Waals surface area contributed by atoms with Gasteiger partial charge in [-0.1, -0.05) is 30.3 Å². The van der Waals surface area contributed by atoms with Crippen LogP contribution in [0.15, 0.2) is 65.2 Å². The first-order valence-corrected chi connectivity index (χ1v) is 11.2. The van der Waals surface area contributed by atoms with Crippen LogP contribution in [0.1, 0.15) is 18.2 Å². The van der Waals surface area contributed by atoms with Crippen LogP contribution in [0, 0.1) is 0 Å². The Morgan fingerprint density at radius 2 is 1.71 bits per heavy atom. The molecule has 5 rings (SSSR count). The molecule has 0 bridgehead atoms. The van der Waals surface area contributed by atoms with Gasteiger partial charge in [0.25, 0.3) is 11.8 Å². The molecule has 2 amide bonds. The van der Waals surface area contributed by atoms with Gasteiger partial charge >= 0.3 is 0 Å². The van der Waals surface area contributed by atoms with E-state index in [0.717, 1.165) is 24.0 Å². The van der Waals surface area contributed by atoms with Crippen LogP contribution in [0.3, 0.4) is 0 Å². The van der Waals surface area contributed by atoms with Gasteiger partial charge in [0.15, 0.2) is 11.5 Å². The lowest BCUT2D eigenvalue weighted by Gasteiger charge is -2.20. The summed E-state index contributed by atoms with van der Waals surface area (Å²) in [7, 11) is 0. The van der Waals surface area contributed by atoms with E-state index in [1.807, 2.05) is 42.5 Å². The number of amides is 2. The number of nitrogen functional groups attached to an aromatic ring is 1. The van der Waals surface area contributed by atoms with Gasteiger partial charge in [0.2, 0.25) is 12.3 Å². The highest BCUT2D eigenvalue weighted by Gasteiger charge is 2.20. The van der Waals surface area contributed by atoms with Gasteiger partial charge in [0.05, 0.1) is 11.9 Å². The predicted molar refractivity (Wildman–Crippen MR) is 131 cm³/mol. The molecule has 2 aromatic heterocycles. The third-order valence-electron chi connectivity index (χ3n) is 5.84. The van der Waals surface area contributed by atoms with Crippen LogP contribution in [0.2, 0.25) is 0 Å². The molecule has 2 N–H and O–H groups in total. The molecule has 0 atom stereocenters. The third kappa shape index (κ3) is 4.72. The van der Waals surface area contributed by atoms with E-state index in [1.54, 1.807) is 28.1 Å². The van der Waals surface area contributed by atoms with Crippen molar-refractivity contribution >= 4 is 18.1 Å². The van der Waals surface area contributed by atoms with Crippen LogP contribution in [0.25, 0.3) is 34.3 Å². The molecule has 0 radical (unpaired) electrons. The second-order valence-electron chi connectivity index (χ2n) is 8.13. The molecule has 2 aromatic carbocycles. The summed E-state index contributed by atoms with van der Waals surface area (Å²) in [5, 5.41) is 8.19. The zero-order valence-electron chi connectivity index (χ0n) is 18.9. The Kier molecular flexibility index (Phi) is 6.16. The Morgan fingerprint density at radius 1 is 0.943 bits per heavy atom. The Morgan fingerprint density at radius 3 is 2.49 bits per heavy atom. The molecule has 1 aliphatic heterocycles. The summed E-state index contributed by atoms with van der Waals surface area (Å²) >= 11 is 0. The first-order chi connectivity index (χ1) is 17.1. The standard InChI is InChI=1S/C25H23N7O3.H2/c26-22-21(24-30-29-23(35-24)18-5-2-1-3-6-18)28-20(15-27-22)17-7-9-19(10-8-17)25(34)32-12-4-11-31(16-33)13-14-32;/h1-3,5-10,15-16H,4,11-14H2,(H2,26,27);1H. The van der Waals surface area contributed by atoms with Gasteiger partial charge in [-0.25, -0.2) is 9.97 Å². The average molecular weight is 472 g/mol. The fraction of sp³-hybridized carbons (Fsp3) is 0.200. The minimum absolute atomic E-state index is 0. The lowest BCUT2D eigenvalue weighted by molar-refractivity contribution is -0.118. The second kappa shape index (κ2) is 9.72. The molecule has 178 valence electrons. The van der Waals surface area contributed by atoms with Crippen LogP contribution in [-0.4, -0.2) is 68.5 Å². The molecular weight excluding hydrogens is 446 g/mol. The number of aromatic nitrogens is 4. The van der Waals surface area contributed by atoms with Gasteiger partial charge in [-0.2, -0.15) is 0 Å². The van der Waals surface area contributed by atoms with Gasteiger partial charge in [-0.3, -0.25) is 9.59 Å². The minimum Gasteiger partial charge on any atom is -0.414 e. The molecule has 0 saturated carbocycles. The highest BCUT2D eigenvalue weighted by molar-refractivity contribution is 5.94. The van der Waals surface area contributed by atoms with Gasteiger partial charge < -0.3 is 20.0 Å². The summed E-state index contributed by atoms with van der Waals surface area (Å²) in [6, 6.07) is 16.6. The van der Waals surface area contributed by atoms with Gasteiger partial charge in [0, 0.05) is 44.3 Å². The first-order valence-electron chi connectivity index (χ1n) is 11.2. The van der Waals surface area contributed by atoms with E-state index in [1.165, 1.54) is 0 Å². The van der Waals surface area contributed by atoms with Crippen molar-refractivity contribution in [2.24, 2.45) is 0 Å². The zero-order chi connectivity index (χ0) is 24.2. The lowest BCUT2D eigenvalue weighted by Crippen LogP contribution is -2.34. The van der Waals surface area contributed by atoms with Crippen molar-refractivity contribution in [1.29, 1.82) is 0 Å². The molecule has 1 fully saturated rings. The summed E-state index contributed by atoms with van der Waals surface area (Å²) in [6.45, 7) is 2.34. The maximum absolute atomic E-state index is 12.9. The van der Waals surface area contributed by atoms with E-state index in [4.69, 9.17) is 10.2 Å². The molecule has 3 heterocycles. The number of rotatable bonds is 5. The van der Waals surface area contributed by atoms with E-state index >= 15 is 0 Å². The number of benzene rings is 2. The Balaban J connectivity index is 0.00000304. The normalized spacial score (nSPS) is 13.9. The Hall–Kier alpha value is -4.60. The molecule has 0 unspecified atom stereocenters. The van der Waals surface area contributed by atoms with Crippen molar-refractivity contribution in [2.75, 3.05) is 31.9 Å². The Bertz CT molecular complexity index is 1350. The van der Waals surface area contributed by atoms with Crippen molar-refractivity contribution in [2.45, 2.75) is 6.42 Å². The number of anilines is 1. The maximum Gasteiger partial charge on any atom is 0.270 e. The number of hydrogen-bond donors (Lipinski definition) is 1. The molecule has 1 aliphatic rings. The molecule has 4 aromatic rings. The quantitative estimate of drug-likeness (QED) is 0.440. The molecule has 10 nitrogen and oxygen atoms in total. The molecule has 35 heavy (non-hydrogen) atoms. The van der Waals surface area contributed by atoms with Gasteiger partial charge in [-0.05, 0) is 30.7 Å². The summed E-state index contributed by atoms with van der Waals surface area (Å²) in [5.74, 6) is 0.648. The fourth-order valence-electron chi connectivity index (χ4n) is 3.92. The van der Waals surface area contributed by atoms with Crippen molar-refractivity contribution in [3.63, 3.8) is 0 Å². The lowest BCUT2D eigenvalue weighted by atomic mass is 10.1. The summed E-state index contributed by atoms with van der Waals surface area (Å²) < 4.78 is 5.79. The van der Waals surface area contributed by atoms with Gasteiger partial charge in [-0.15, -0.1) is 10.2 Å². The highest BCUT2D eigenvalue weighted by Crippen LogP contribution is 2.28. The van der Waals surface area contributed by atoms with Crippen molar-refractivity contribution < 1.29 is 15.4 Å². The zero-order valence-corrected chi connectivity index (χ0v) is 18.9. The second-order valence-corrected chi connectivity index (χ2v) is 8.13. The van der Waals surface area contributed by atoms with E-state index in [0.29, 0.717) is 49.0 Å². The smallest absolute Gasteiger partial charge is 0.270 e. The van der Waals surface area contributed by atoms with Crippen molar-refractivity contribution in [3.05, 3.63) is 66.4 Å². The molecule has 1 saturated heterocycles. The van der Waals surface area contributed by atoms with Crippen molar-refractivity contribution in [3.8, 4) is 34.3 Å². The summed E-state index contributed by atoms with van der Waals surface area (Å²) in [5.41, 5.74) is 9.03. The van der Waals surface area contributed by atoms with Crippen LogP contribution in [0.4, 0.5) is 5.82 Å². The van der Waals surface area contributed by atoms with E-state index in [2.05, 4.69) is 20.2 Å². The predicted octanol–water partition coefficient (Wildman–Crippen LogP) is 2.99. The first kappa shape index (κ1) is 22.2. The number of nitrogens with zero attached hydrogens (tertiary/aromatic N) is 6.